The second-order valence-corrected chi connectivity index (χ2v) is 27.3. The molecule has 0 atom stereocenters. The Morgan fingerprint density at radius 2 is 0.722 bits per heavy atom. The summed E-state index contributed by atoms with van der Waals surface area (Å²) in [7, 11) is 0. The number of nitrogens with zero attached hydrogens (tertiary/aromatic N) is 2. The topological polar surface area (TPSA) is 8.17 Å². The molecule has 10 rings (SSSR count). The second-order valence-electron chi connectivity index (χ2n) is 27.3. The molecule has 9 aromatic carbocycles. The highest BCUT2D eigenvalue weighted by Gasteiger charge is 2.31. The maximum absolute atomic E-state index is 2.56. The molecule has 0 saturated heterocycles. The van der Waals surface area contributed by atoms with Crippen molar-refractivity contribution in [2.24, 2.45) is 0 Å². The van der Waals surface area contributed by atoms with Crippen LogP contribution in [0, 0.1) is 0 Å². The van der Waals surface area contributed by atoms with Gasteiger partial charge in [0.15, 0.2) is 0 Å². The summed E-state index contributed by atoms with van der Waals surface area (Å²) in [5.74, 6) is 0. The SMILES string of the molecule is CC(C)(C)c1ccc(-c2c(C(C)(C)C)cc(N(c3ccc(C(C)(C)C)cc3)c3ccc4ccc5c(-n6c7ccc(C(C)(C)C)cc7c7cc(C(C)(C)C)ccc76)ccc6ccc3c4c65)cc2C(C)(C)C)cc1. The number of rotatable bonds is 5. The van der Waals surface area contributed by atoms with Crippen molar-refractivity contribution < 1.29 is 0 Å². The van der Waals surface area contributed by atoms with Crippen molar-refractivity contribution in [1.82, 2.24) is 4.57 Å². The largest absolute Gasteiger partial charge is 0.310 e. The molecule has 0 fully saturated rings. The van der Waals surface area contributed by atoms with E-state index in [0.29, 0.717) is 0 Å². The van der Waals surface area contributed by atoms with Crippen LogP contribution >= 0.6 is 0 Å². The molecule has 0 spiro atoms. The van der Waals surface area contributed by atoms with E-state index < -0.39 is 0 Å². The summed E-state index contributed by atoms with van der Waals surface area (Å²) in [6.45, 7) is 42.0. The molecule has 72 heavy (non-hydrogen) atoms. The van der Waals surface area contributed by atoms with Crippen LogP contribution in [-0.4, -0.2) is 4.57 Å². The van der Waals surface area contributed by atoms with Crippen LogP contribution in [0.3, 0.4) is 0 Å². The van der Waals surface area contributed by atoms with Gasteiger partial charge in [-0.15, -0.1) is 0 Å². The minimum atomic E-state index is -0.149. The van der Waals surface area contributed by atoms with E-state index in [1.807, 2.05) is 0 Å². The molecule has 0 unspecified atom stereocenters. The molecule has 2 heteroatoms. The first-order valence-corrected chi connectivity index (χ1v) is 26.5. The van der Waals surface area contributed by atoms with Gasteiger partial charge in [0, 0.05) is 32.9 Å². The van der Waals surface area contributed by atoms with Gasteiger partial charge in [-0.05, 0) is 159 Å². The van der Waals surface area contributed by atoms with Crippen LogP contribution in [0.5, 0.6) is 0 Å². The molecule has 0 aliphatic rings. The van der Waals surface area contributed by atoms with Gasteiger partial charge in [0.05, 0.1) is 22.4 Å². The minimum absolute atomic E-state index is 0.0250. The fourth-order valence-electron chi connectivity index (χ4n) is 11.3. The Morgan fingerprint density at radius 3 is 1.18 bits per heavy atom. The number of aromatic nitrogens is 1. The Hall–Kier alpha value is -6.38. The summed E-state index contributed by atoms with van der Waals surface area (Å²) >= 11 is 0. The molecule has 1 heterocycles. The zero-order valence-electron chi connectivity index (χ0n) is 46.8. The molecule has 2 nitrogen and oxygen atoms in total. The van der Waals surface area contributed by atoms with Gasteiger partial charge >= 0.3 is 0 Å². The molecule has 10 aromatic rings. The van der Waals surface area contributed by atoms with Gasteiger partial charge in [-0.2, -0.15) is 0 Å². The monoisotopic (exact) mass is 947 g/mol. The molecule has 0 aliphatic heterocycles. The highest BCUT2D eigenvalue weighted by molar-refractivity contribution is 6.27. The first-order chi connectivity index (χ1) is 33.5. The van der Waals surface area contributed by atoms with E-state index in [-0.39, 0.29) is 32.5 Å². The third-order valence-electron chi connectivity index (χ3n) is 15.6. The van der Waals surface area contributed by atoms with Crippen LogP contribution in [-0.2, 0) is 32.5 Å². The standard InChI is InChI=1S/C70H78N2/c1-65(2,3)46-25-19-45(20-26-46)64-56(69(13,14)15)41-51(42-57(64)70(16,17)18)71(50-31-27-47(28-32-50)66(4,5)6)58-35-23-43-22-34-53-59(36-24-44-21-33-52(58)62(43)63(44)53)72-60-37-29-48(67(7,8)9)39-54(60)55-40-49(68(10,11)12)30-38-61(55)72/h19-42H,1-18H3. The summed E-state index contributed by atoms with van der Waals surface area (Å²) in [4.78, 5) is 2.56. The van der Waals surface area contributed by atoms with Gasteiger partial charge in [0.2, 0.25) is 0 Å². The van der Waals surface area contributed by atoms with E-state index in [4.69, 9.17) is 0 Å². The lowest BCUT2D eigenvalue weighted by Crippen LogP contribution is -2.22. The molecule has 0 bridgehead atoms. The Balaban J connectivity index is 1.26. The van der Waals surface area contributed by atoms with Gasteiger partial charge in [0.25, 0.3) is 0 Å². The van der Waals surface area contributed by atoms with Gasteiger partial charge in [-0.3, -0.25) is 0 Å². The zero-order chi connectivity index (χ0) is 51.8. The normalized spacial score (nSPS) is 13.4. The summed E-state index contributed by atoms with van der Waals surface area (Å²) in [5, 5.41) is 10.2. The summed E-state index contributed by atoms with van der Waals surface area (Å²) in [5.41, 5.74) is 17.7. The Kier molecular flexibility index (Phi) is 11.3. The fourth-order valence-corrected chi connectivity index (χ4v) is 11.3. The number of hydrogen-bond donors (Lipinski definition) is 0. The predicted molar refractivity (Wildman–Crippen MR) is 317 cm³/mol. The Labute approximate surface area is 431 Å². The quantitative estimate of drug-likeness (QED) is 0.156. The van der Waals surface area contributed by atoms with Crippen molar-refractivity contribution in [2.75, 3.05) is 4.90 Å². The summed E-state index contributed by atoms with van der Waals surface area (Å²) in [6.07, 6.45) is 0. The highest BCUT2D eigenvalue weighted by Crippen LogP contribution is 2.50. The molecule has 0 N–H and O–H groups in total. The average molecular weight is 947 g/mol. The lowest BCUT2D eigenvalue weighted by molar-refractivity contribution is 0.571. The smallest absolute Gasteiger partial charge is 0.0541 e. The second kappa shape index (κ2) is 16.6. The van der Waals surface area contributed by atoms with Crippen molar-refractivity contribution in [3.05, 3.63) is 179 Å². The third-order valence-corrected chi connectivity index (χ3v) is 15.6. The molecule has 1 aromatic heterocycles. The van der Waals surface area contributed by atoms with Crippen molar-refractivity contribution in [3.8, 4) is 16.8 Å². The van der Waals surface area contributed by atoms with Crippen LogP contribution in [0.25, 0.3) is 70.9 Å². The number of anilines is 3. The van der Waals surface area contributed by atoms with E-state index in [9.17, 15) is 0 Å². The van der Waals surface area contributed by atoms with Crippen molar-refractivity contribution in [3.63, 3.8) is 0 Å². The molecule has 368 valence electrons. The average Bonchev–Trinajstić information content (AvgIpc) is 3.62. The zero-order valence-corrected chi connectivity index (χ0v) is 46.8. The van der Waals surface area contributed by atoms with Crippen LogP contribution < -0.4 is 4.90 Å². The lowest BCUT2D eigenvalue weighted by atomic mass is 9.73. The van der Waals surface area contributed by atoms with E-state index >= 15 is 0 Å². The van der Waals surface area contributed by atoms with Gasteiger partial charge in [0.1, 0.15) is 0 Å². The maximum Gasteiger partial charge on any atom is 0.0541 e. The lowest BCUT2D eigenvalue weighted by Gasteiger charge is -2.35. The maximum atomic E-state index is 2.56. The minimum Gasteiger partial charge on any atom is -0.310 e. The number of fused-ring (bicyclic) bond motifs is 3. The van der Waals surface area contributed by atoms with E-state index in [1.165, 1.54) is 116 Å². The molecule has 0 radical (unpaired) electrons. The Bertz CT molecular complexity index is 3590. The van der Waals surface area contributed by atoms with Crippen molar-refractivity contribution in [2.45, 2.75) is 157 Å². The molecule has 0 amide bonds. The molecular weight excluding hydrogens is 869 g/mol. The molecular formula is C70H78N2. The predicted octanol–water partition coefficient (Wildman–Crippen LogP) is 20.6. The van der Waals surface area contributed by atoms with Crippen LogP contribution in [0.15, 0.2) is 146 Å². The molecule has 0 saturated carbocycles. The summed E-state index contributed by atoms with van der Waals surface area (Å²) < 4.78 is 2.54. The third kappa shape index (κ3) is 8.47. The first kappa shape index (κ1) is 49.2. The highest BCUT2D eigenvalue weighted by atomic mass is 15.1. The van der Waals surface area contributed by atoms with Gasteiger partial charge in [-0.1, -0.05) is 210 Å². The number of benzene rings is 9. The van der Waals surface area contributed by atoms with E-state index in [1.54, 1.807) is 0 Å². The fraction of sp³-hybridized carbons (Fsp3) is 0.343. The van der Waals surface area contributed by atoms with Gasteiger partial charge < -0.3 is 9.47 Å². The van der Waals surface area contributed by atoms with Crippen molar-refractivity contribution in [1.29, 1.82) is 0 Å². The number of hydrogen-bond acceptors (Lipinski definition) is 1. The van der Waals surface area contributed by atoms with Gasteiger partial charge in [-0.25, -0.2) is 0 Å². The Morgan fingerprint density at radius 1 is 0.319 bits per heavy atom. The summed E-state index contributed by atoms with van der Waals surface area (Å²) in [6, 6.07) is 57.1. The van der Waals surface area contributed by atoms with Crippen LogP contribution in [0.4, 0.5) is 17.1 Å². The van der Waals surface area contributed by atoms with Crippen LogP contribution in [0.2, 0.25) is 0 Å². The van der Waals surface area contributed by atoms with Crippen LogP contribution in [0.1, 0.15) is 158 Å². The molecule has 0 aliphatic carbocycles. The van der Waals surface area contributed by atoms with E-state index in [2.05, 4.69) is 280 Å². The first-order valence-electron chi connectivity index (χ1n) is 26.5. The van der Waals surface area contributed by atoms with Crippen molar-refractivity contribution >= 4 is 71.2 Å². The van der Waals surface area contributed by atoms with E-state index in [0.717, 1.165) is 5.69 Å².